The Hall–Kier alpha value is -4.34. The molecule has 0 heterocycles. The van der Waals surface area contributed by atoms with Crippen LogP contribution in [0, 0.1) is 6.92 Å². The maximum atomic E-state index is 14.6. The minimum absolute atomic E-state index is 0.0126. The molecule has 1 N–H and O–H groups in total. The number of aryl methyl sites for hydroxylation is 1. The minimum atomic E-state index is -4.30. The molecule has 0 saturated carbocycles. The molecule has 1 atom stereocenters. The summed E-state index contributed by atoms with van der Waals surface area (Å²) in [6, 6.07) is 28.6. The molecule has 0 aliphatic carbocycles. The average Bonchev–Trinajstić information content (AvgIpc) is 3.01. The zero-order chi connectivity index (χ0) is 33.5. The van der Waals surface area contributed by atoms with Crippen LogP contribution >= 0.6 is 11.6 Å². The number of sulfonamides is 1. The second kappa shape index (κ2) is 14.8. The number of methoxy groups -OCH3 is 1. The fourth-order valence-corrected chi connectivity index (χ4v) is 6.71. The van der Waals surface area contributed by atoms with Crippen LogP contribution in [0.2, 0.25) is 5.02 Å². The van der Waals surface area contributed by atoms with Crippen molar-refractivity contribution in [2.75, 3.05) is 18.0 Å². The quantitative estimate of drug-likeness (QED) is 0.189. The van der Waals surface area contributed by atoms with Gasteiger partial charge in [-0.2, -0.15) is 0 Å². The molecule has 4 aromatic carbocycles. The topological polar surface area (TPSA) is 96.0 Å². The molecule has 0 radical (unpaired) electrons. The molecule has 4 aromatic rings. The number of carbonyl (C=O) groups is 2. The van der Waals surface area contributed by atoms with Crippen LogP contribution in [0.3, 0.4) is 0 Å². The molecule has 8 nitrogen and oxygen atoms in total. The third kappa shape index (κ3) is 8.89. The molecule has 0 fully saturated rings. The first kappa shape index (κ1) is 34.5. The van der Waals surface area contributed by atoms with Crippen molar-refractivity contribution in [2.24, 2.45) is 0 Å². The molecule has 0 bridgehead atoms. The lowest BCUT2D eigenvalue weighted by atomic mass is 10.0. The Morgan fingerprint density at radius 2 is 1.50 bits per heavy atom. The van der Waals surface area contributed by atoms with Crippen molar-refractivity contribution < 1.29 is 22.7 Å². The van der Waals surface area contributed by atoms with E-state index in [0.717, 1.165) is 21.0 Å². The molecule has 0 aliphatic heterocycles. The van der Waals surface area contributed by atoms with Gasteiger partial charge in [-0.15, -0.1) is 0 Å². The van der Waals surface area contributed by atoms with Gasteiger partial charge in [0.15, 0.2) is 0 Å². The van der Waals surface area contributed by atoms with E-state index < -0.39 is 34.1 Å². The SMILES string of the molecule is COc1ccc(Cl)cc1N(CC(=O)N(Cc1cccc(C)c1)[C@@H](Cc1ccccc1)C(=O)NC(C)(C)C)S(=O)(=O)c1ccccc1. The van der Waals surface area contributed by atoms with E-state index in [2.05, 4.69) is 5.32 Å². The van der Waals surface area contributed by atoms with E-state index in [1.165, 1.54) is 30.2 Å². The summed E-state index contributed by atoms with van der Waals surface area (Å²) < 4.78 is 35.0. The molecule has 10 heteroatoms. The first-order valence-corrected chi connectivity index (χ1v) is 16.7. The number of halogens is 1. The Labute approximate surface area is 277 Å². The Kier molecular flexibility index (Phi) is 11.1. The van der Waals surface area contributed by atoms with Crippen molar-refractivity contribution >= 4 is 39.1 Å². The summed E-state index contributed by atoms with van der Waals surface area (Å²) in [5.41, 5.74) is 2.15. The van der Waals surface area contributed by atoms with Gasteiger partial charge in [-0.3, -0.25) is 13.9 Å². The fourth-order valence-electron chi connectivity index (χ4n) is 5.11. The Bertz CT molecular complexity index is 1760. The Morgan fingerprint density at radius 1 is 0.870 bits per heavy atom. The molecule has 0 aliphatic rings. The van der Waals surface area contributed by atoms with Gasteiger partial charge in [-0.1, -0.05) is 90.0 Å². The molecule has 0 aromatic heterocycles. The van der Waals surface area contributed by atoms with Crippen LogP contribution in [0.5, 0.6) is 5.75 Å². The average molecular weight is 662 g/mol. The first-order valence-electron chi connectivity index (χ1n) is 14.9. The third-order valence-corrected chi connectivity index (χ3v) is 9.23. The second-order valence-corrected chi connectivity index (χ2v) is 14.4. The van der Waals surface area contributed by atoms with Crippen LogP contribution in [-0.2, 0) is 32.6 Å². The highest BCUT2D eigenvalue weighted by Crippen LogP contribution is 2.35. The van der Waals surface area contributed by atoms with Gasteiger partial charge in [0.25, 0.3) is 10.0 Å². The highest BCUT2D eigenvalue weighted by Gasteiger charge is 2.36. The van der Waals surface area contributed by atoms with Crippen LogP contribution in [0.4, 0.5) is 5.69 Å². The number of amides is 2. The van der Waals surface area contributed by atoms with Crippen molar-refractivity contribution in [1.29, 1.82) is 0 Å². The summed E-state index contributed by atoms with van der Waals surface area (Å²) in [5.74, 6) is -0.712. The van der Waals surface area contributed by atoms with Crippen molar-refractivity contribution in [3.8, 4) is 5.75 Å². The fraction of sp³-hybridized carbons (Fsp3) is 0.278. The Balaban J connectivity index is 1.86. The number of nitrogens with one attached hydrogen (secondary N) is 1. The summed E-state index contributed by atoms with van der Waals surface area (Å²) in [6.07, 6.45) is 0.215. The van der Waals surface area contributed by atoms with Crippen molar-refractivity contribution in [3.05, 3.63) is 125 Å². The maximum absolute atomic E-state index is 14.6. The molecule has 0 saturated heterocycles. The molecule has 242 valence electrons. The summed E-state index contributed by atoms with van der Waals surface area (Å²) in [7, 11) is -2.88. The largest absolute Gasteiger partial charge is 0.495 e. The third-order valence-electron chi connectivity index (χ3n) is 7.22. The molecule has 4 rings (SSSR count). The highest BCUT2D eigenvalue weighted by molar-refractivity contribution is 7.92. The van der Waals surface area contributed by atoms with E-state index in [4.69, 9.17) is 16.3 Å². The van der Waals surface area contributed by atoms with E-state index >= 15 is 0 Å². The van der Waals surface area contributed by atoms with Gasteiger partial charge in [0, 0.05) is 23.5 Å². The summed E-state index contributed by atoms with van der Waals surface area (Å²) in [6.45, 7) is 7.02. The lowest BCUT2D eigenvalue weighted by molar-refractivity contribution is -0.140. The molecule has 0 spiro atoms. The number of carbonyl (C=O) groups excluding carboxylic acids is 2. The summed E-state index contributed by atoms with van der Waals surface area (Å²) in [5, 5.41) is 3.30. The molecule has 46 heavy (non-hydrogen) atoms. The number of rotatable bonds is 12. The highest BCUT2D eigenvalue weighted by atomic mass is 35.5. The predicted octanol–water partition coefficient (Wildman–Crippen LogP) is 6.41. The predicted molar refractivity (Wildman–Crippen MR) is 183 cm³/mol. The monoisotopic (exact) mass is 661 g/mol. The van der Waals surface area contributed by atoms with Crippen LogP contribution in [-0.4, -0.2) is 50.4 Å². The standard InChI is InChI=1S/C36H40ClN3O5S/c1-26-13-12-16-28(21-26)24-39(32(35(42)38-36(2,3)4)22-27-14-8-6-9-15-27)34(41)25-40(31-23-29(37)19-20-33(31)45-5)46(43,44)30-17-10-7-11-18-30/h6-21,23,32H,22,24-25H2,1-5H3,(H,38,42)/t32-/m0/s1. The van der Waals surface area contributed by atoms with Gasteiger partial charge in [0.1, 0.15) is 18.3 Å². The number of benzene rings is 4. The Morgan fingerprint density at radius 3 is 2.11 bits per heavy atom. The van der Waals surface area contributed by atoms with Gasteiger partial charge < -0.3 is 15.0 Å². The second-order valence-electron chi connectivity index (χ2n) is 12.1. The van der Waals surface area contributed by atoms with Gasteiger partial charge in [-0.05, 0) is 69.2 Å². The van der Waals surface area contributed by atoms with E-state index in [1.54, 1.807) is 30.3 Å². The van der Waals surface area contributed by atoms with Crippen LogP contribution in [0.1, 0.15) is 37.5 Å². The molecular formula is C36H40ClN3O5S. The lowest BCUT2D eigenvalue weighted by Crippen LogP contribution is -2.56. The maximum Gasteiger partial charge on any atom is 0.264 e. The van der Waals surface area contributed by atoms with Crippen molar-refractivity contribution in [1.82, 2.24) is 10.2 Å². The van der Waals surface area contributed by atoms with E-state index in [0.29, 0.717) is 0 Å². The first-order chi connectivity index (χ1) is 21.8. The van der Waals surface area contributed by atoms with Crippen molar-refractivity contribution in [2.45, 2.75) is 57.1 Å². The normalized spacial score (nSPS) is 12.2. The molecular weight excluding hydrogens is 622 g/mol. The van der Waals surface area contributed by atoms with Gasteiger partial charge in [-0.25, -0.2) is 8.42 Å². The zero-order valence-corrected chi connectivity index (χ0v) is 28.3. The van der Waals surface area contributed by atoms with E-state index in [-0.39, 0.29) is 40.2 Å². The van der Waals surface area contributed by atoms with Gasteiger partial charge in [0.2, 0.25) is 11.8 Å². The summed E-state index contributed by atoms with van der Waals surface area (Å²) in [4.78, 5) is 30.1. The van der Waals surface area contributed by atoms with Gasteiger partial charge >= 0.3 is 0 Å². The van der Waals surface area contributed by atoms with E-state index in [9.17, 15) is 18.0 Å². The van der Waals surface area contributed by atoms with E-state index in [1.807, 2.05) is 82.3 Å². The number of nitrogens with zero attached hydrogens (tertiary/aromatic N) is 2. The number of ether oxygens (including phenoxy) is 1. The number of hydrogen-bond donors (Lipinski definition) is 1. The van der Waals surface area contributed by atoms with Crippen LogP contribution < -0.4 is 14.4 Å². The smallest absolute Gasteiger partial charge is 0.264 e. The lowest BCUT2D eigenvalue weighted by Gasteiger charge is -2.35. The number of anilines is 1. The summed E-state index contributed by atoms with van der Waals surface area (Å²) >= 11 is 6.35. The minimum Gasteiger partial charge on any atom is -0.495 e. The molecule has 0 unspecified atom stereocenters. The van der Waals surface area contributed by atoms with Crippen molar-refractivity contribution in [3.63, 3.8) is 0 Å². The number of hydrogen-bond acceptors (Lipinski definition) is 5. The van der Waals surface area contributed by atoms with Crippen LogP contribution in [0.25, 0.3) is 0 Å². The van der Waals surface area contributed by atoms with Gasteiger partial charge in [0.05, 0.1) is 17.7 Å². The molecule has 2 amide bonds. The zero-order valence-electron chi connectivity index (χ0n) is 26.7. The van der Waals surface area contributed by atoms with Crippen LogP contribution in [0.15, 0.2) is 108 Å².